The number of nitrogens with two attached hydrogens (primary N) is 1. The van der Waals surface area contributed by atoms with Crippen LogP contribution in [0.4, 0.5) is 0 Å². The van der Waals surface area contributed by atoms with Crippen LogP contribution in [0.5, 0.6) is 0 Å². The maximum atomic E-state index is 10.3. The average Bonchev–Trinajstić information content (AvgIpc) is 2.02. The molecular weight excluding hydrogens is 154 g/mol. The lowest BCUT2D eigenvalue weighted by atomic mass is 10.1. The van der Waals surface area contributed by atoms with Crippen molar-refractivity contribution in [1.82, 2.24) is 0 Å². The van der Waals surface area contributed by atoms with Gasteiger partial charge in [-0.15, -0.1) is 0 Å². The Balaban J connectivity index is 2.90. The fourth-order valence-corrected chi connectivity index (χ4v) is 1.06. The van der Waals surface area contributed by atoms with E-state index in [1.165, 1.54) is 0 Å². The molecule has 0 aliphatic rings. The second-order valence-corrected chi connectivity index (χ2v) is 2.94. The summed E-state index contributed by atoms with van der Waals surface area (Å²) < 4.78 is 0. The Bertz CT molecular complexity index is 134. The summed E-state index contributed by atoms with van der Waals surface area (Å²) in [4.78, 5) is 20.2. The zero-order valence-electron chi connectivity index (χ0n) is 7.42. The number of aldehydes is 1. The molecule has 2 N–H and O–H groups in total. The molecule has 0 bridgehead atoms. The number of amides is 1. The lowest BCUT2D eigenvalue weighted by Crippen LogP contribution is -2.09. The zero-order valence-corrected chi connectivity index (χ0v) is 7.42. The maximum absolute atomic E-state index is 10.3. The van der Waals surface area contributed by atoms with E-state index in [2.05, 4.69) is 0 Å². The minimum absolute atomic E-state index is 0.220. The Kier molecular flexibility index (Phi) is 7.65. The van der Waals surface area contributed by atoms with E-state index in [1.807, 2.05) is 0 Å². The zero-order chi connectivity index (χ0) is 9.23. The van der Waals surface area contributed by atoms with E-state index < -0.39 is 0 Å². The van der Waals surface area contributed by atoms with Gasteiger partial charge in [-0.05, 0) is 12.8 Å². The predicted octanol–water partition coefficient (Wildman–Crippen LogP) is 1.40. The van der Waals surface area contributed by atoms with Crippen molar-refractivity contribution in [2.24, 2.45) is 5.73 Å². The van der Waals surface area contributed by atoms with E-state index in [9.17, 15) is 9.59 Å². The Morgan fingerprint density at radius 1 is 1.08 bits per heavy atom. The third kappa shape index (κ3) is 9.14. The van der Waals surface area contributed by atoms with Crippen molar-refractivity contribution in [3.05, 3.63) is 0 Å². The summed E-state index contributed by atoms with van der Waals surface area (Å²) in [7, 11) is 0. The molecule has 0 unspecified atom stereocenters. The van der Waals surface area contributed by atoms with Gasteiger partial charge in [-0.1, -0.05) is 19.3 Å². The molecule has 12 heavy (non-hydrogen) atoms. The van der Waals surface area contributed by atoms with Crippen LogP contribution >= 0.6 is 0 Å². The van der Waals surface area contributed by atoms with Crippen molar-refractivity contribution in [2.45, 2.75) is 44.9 Å². The van der Waals surface area contributed by atoms with Crippen LogP contribution < -0.4 is 5.73 Å². The highest BCUT2D eigenvalue weighted by Crippen LogP contribution is 2.05. The largest absolute Gasteiger partial charge is 0.370 e. The Morgan fingerprint density at radius 2 is 1.67 bits per heavy atom. The van der Waals surface area contributed by atoms with Gasteiger partial charge in [-0.3, -0.25) is 4.79 Å². The minimum atomic E-state index is -0.220. The van der Waals surface area contributed by atoms with Crippen LogP contribution in [0.3, 0.4) is 0 Å². The van der Waals surface area contributed by atoms with Crippen LogP contribution in [0.1, 0.15) is 44.9 Å². The lowest BCUT2D eigenvalue weighted by Gasteiger charge is -1.97. The topological polar surface area (TPSA) is 60.2 Å². The molecule has 0 radical (unpaired) electrons. The Hall–Kier alpha value is -0.860. The second kappa shape index (κ2) is 8.24. The van der Waals surface area contributed by atoms with E-state index in [1.54, 1.807) is 0 Å². The molecule has 0 saturated heterocycles. The van der Waals surface area contributed by atoms with Crippen LogP contribution in [-0.2, 0) is 9.59 Å². The summed E-state index contributed by atoms with van der Waals surface area (Å²) in [5, 5.41) is 0. The summed E-state index contributed by atoms with van der Waals surface area (Å²) in [5.41, 5.74) is 4.97. The first-order valence-electron chi connectivity index (χ1n) is 4.49. The molecule has 0 aromatic rings. The highest BCUT2D eigenvalue weighted by atomic mass is 16.1. The number of carbonyl (C=O) groups excluding carboxylic acids is 2. The van der Waals surface area contributed by atoms with Crippen molar-refractivity contribution in [1.29, 1.82) is 0 Å². The smallest absolute Gasteiger partial charge is 0.217 e. The molecule has 1 amide bonds. The van der Waals surface area contributed by atoms with Crippen LogP contribution in [0.15, 0.2) is 0 Å². The number of hydrogen-bond donors (Lipinski definition) is 1. The molecule has 0 aliphatic carbocycles. The predicted molar refractivity (Wildman–Crippen MR) is 47.6 cm³/mol. The molecule has 0 heterocycles. The molecular formula is C9H17NO2. The van der Waals surface area contributed by atoms with Gasteiger partial charge in [0.1, 0.15) is 6.29 Å². The molecule has 0 aliphatic heterocycles. The van der Waals surface area contributed by atoms with E-state index >= 15 is 0 Å². The van der Waals surface area contributed by atoms with Crippen molar-refractivity contribution in [3.63, 3.8) is 0 Å². The molecule has 0 aromatic carbocycles. The fraction of sp³-hybridized carbons (Fsp3) is 0.778. The van der Waals surface area contributed by atoms with E-state index in [0.29, 0.717) is 12.8 Å². The Labute approximate surface area is 73.3 Å². The molecule has 0 spiro atoms. The summed E-state index contributed by atoms with van der Waals surface area (Å²) in [6, 6.07) is 0. The first kappa shape index (κ1) is 11.1. The third-order valence-corrected chi connectivity index (χ3v) is 1.75. The quantitative estimate of drug-likeness (QED) is 0.443. The molecule has 70 valence electrons. The average molecular weight is 171 g/mol. The molecule has 0 fully saturated rings. The summed E-state index contributed by atoms with van der Waals surface area (Å²) >= 11 is 0. The van der Waals surface area contributed by atoms with Crippen molar-refractivity contribution >= 4 is 12.2 Å². The van der Waals surface area contributed by atoms with Gasteiger partial charge in [0.2, 0.25) is 5.91 Å². The highest BCUT2D eigenvalue weighted by molar-refractivity contribution is 5.73. The van der Waals surface area contributed by atoms with Gasteiger partial charge < -0.3 is 10.5 Å². The van der Waals surface area contributed by atoms with E-state index in [0.717, 1.165) is 38.4 Å². The van der Waals surface area contributed by atoms with Crippen molar-refractivity contribution in [2.75, 3.05) is 0 Å². The van der Waals surface area contributed by atoms with Crippen LogP contribution in [0.25, 0.3) is 0 Å². The monoisotopic (exact) mass is 171 g/mol. The maximum Gasteiger partial charge on any atom is 0.217 e. The van der Waals surface area contributed by atoms with Gasteiger partial charge in [0.05, 0.1) is 0 Å². The molecule has 0 aromatic heterocycles. The lowest BCUT2D eigenvalue weighted by molar-refractivity contribution is -0.118. The fourth-order valence-electron chi connectivity index (χ4n) is 1.06. The van der Waals surface area contributed by atoms with Crippen molar-refractivity contribution in [3.8, 4) is 0 Å². The van der Waals surface area contributed by atoms with E-state index in [-0.39, 0.29) is 5.91 Å². The van der Waals surface area contributed by atoms with Crippen LogP contribution in [-0.4, -0.2) is 12.2 Å². The molecule has 0 rings (SSSR count). The Morgan fingerprint density at radius 3 is 2.25 bits per heavy atom. The van der Waals surface area contributed by atoms with Crippen molar-refractivity contribution < 1.29 is 9.59 Å². The third-order valence-electron chi connectivity index (χ3n) is 1.75. The highest BCUT2D eigenvalue weighted by Gasteiger charge is 1.94. The summed E-state index contributed by atoms with van der Waals surface area (Å²) in [6.45, 7) is 0. The van der Waals surface area contributed by atoms with Gasteiger partial charge in [0.15, 0.2) is 0 Å². The van der Waals surface area contributed by atoms with Crippen LogP contribution in [0.2, 0.25) is 0 Å². The summed E-state index contributed by atoms with van der Waals surface area (Å²) in [5.74, 6) is -0.220. The normalized spacial score (nSPS) is 9.67. The first-order chi connectivity index (χ1) is 5.77. The molecule has 3 heteroatoms. The molecule has 3 nitrogen and oxygen atoms in total. The van der Waals surface area contributed by atoms with Gasteiger partial charge in [-0.2, -0.15) is 0 Å². The second-order valence-electron chi connectivity index (χ2n) is 2.94. The van der Waals surface area contributed by atoms with Gasteiger partial charge >= 0.3 is 0 Å². The SMILES string of the molecule is NC(=O)CCCCCCCC=O. The molecule has 0 atom stereocenters. The van der Waals surface area contributed by atoms with Crippen LogP contribution in [0, 0.1) is 0 Å². The standard InChI is InChI=1S/C9H17NO2/c10-9(12)7-5-3-1-2-4-6-8-11/h8H,1-7H2,(H2,10,12). The minimum Gasteiger partial charge on any atom is -0.370 e. The molecule has 0 saturated carbocycles. The number of primary amides is 1. The van der Waals surface area contributed by atoms with E-state index in [4.69, 9.17) is 5.73 Å². The van der Waals surface area contributed by atoms with Gasteiger partial charge in [0.25, 0.3) is 0 Å². The first-order valence-corrected chi connectivity index (χ1v) is 4.49. The number of unbranched alkanes of at least 4 members (excludes halogenated alkanes) is 5. The number of hydrogen-bond acceptors (Lipinski definition) is 2. The van der Waals surface area contributed by atoms with Gasteiger partial charge in [-0.25, -0.2) is 0 Å². The van der Waals surface area contributed by atoms with Gasteiger partial charge in [0, 0.05) is 12.8 Å². The summed E-state index contributed by atoms with van der Waals surface area (Å²) in [6.07, 6.45) is 7.18. The number of carbonyl (C=O) groups is 2. The number of rotatable bonds is 8.